The molecule has 0 atom stereocenters. The van der Waals surface area contributed by atoms with Crippen LogP contribution in [0.3, 0.4) is 0 Å². The molecular weight excluding hydrogens is 680 g/mol. The van der Waals surface area contributed by atoms with Gasteiger partial charge < -0.3 is 0 Å². The van der Waals surface area contributed by atoms with Gasteiger partial charge in [0.15, 0.2) is 0 Å². The molecule has 0 aromatic heterocycles. The van der Waals surface area contributed by atoms with Crippen molar-refractivity contribution in [1.29, 1.82) is 0 Å². The van der Waals surface area contributed by atoms with Gasteiger partial charge in [-0.05, 0) is 0 Å². The molecule has 0 saturated carbocycles. The van der Waals surface area contributed by atoms with Crippen molar-refractivity contribution >= 4 is 0 Å². The van der Waals surface area contributed by atoms with Crippen LogP contribution < -0.4 is 0 Å². The Kier molecular flexibility index (Phi) is 134. The van der Waals surface area contributed by atoms with Crippen LogP contribution in [0.1, 0.15) is 0 Å². The van der Waals surface area contributed by atoms with Gasteiger partial charge >= 0.3 is 0 Å². The predicted molar refractivity (Wildman–Crippen MR) is 0 cm³/mol. The van der Waals surface area contributed by atoms with E-state index in [1.54, 1.807) is 0 Å². The molecule has 0 aromatic rings. The molecule has 0 heterocycles. The van der Waals surface area contributed by atoms with Crippen molar-refractivity contribution in [3.8, 4) is 0 Å². The molecule has 0 bridgehead atoms. The molecule has 0 nitrogen and oxygen atoms in total. The first-order valence-corrected chi connectivity index (χ1v) is 0. The van der Waals surface area contributed by atoms with Crippen LogP contribution in [0.25, 0.3) is 0 Å². The molecule has 0 amide bonds. The van der Waals surface area contributed by atoms with Gasteiger partial charge in [0.1, 0.15) is 0 Å². The minimum atomic E-state index is 0. The van der Waals surface area contributed by atoms with Crippen molar-refractivity contribution in [2.75, 3.05) is 0 Å². The van der Waals surface area contributed by atoms with Gasteiger partial charge in [-0.1, -0.05) is 0 Å². The molecule has 0 rings (SSSR count). The molecule has 36 valence electrons. The van der Waals surface area contributed by atoms with E-state index < -0.39 is 0 Å². The van der Waals surface area contributed by atoms with Crippen LogP contribution in [-0.4, -0.2) is 0 Å². The summed E-state index contributed by atoms with van der Waals surface area (Å²) in [6.45, 7) is 0. The molecule has 4 heavy (non-hydrogen) atoms. The molecule has 2 radical (unpaired) electrons. The molecule has 0 unspecified atom stereocenters. The standard InChI is InChI=1S/Ir.Os.Pt.Rh. The Morgan fingerprint density at radius 2 is 1.00 bits per heavy atom. The number of hydrogen-bond acceptors (Lipinski definition) is 0. The molecular formula is IrOsPtRh. The second kappa shape index (κ2) is 17.5. The number of hydrogen-bond donors (Lipinski definition) is 0. The predicted octanol–water partition coefficient (Wildman–Crippen LogP) is -0.0100. The maximum Gasteiger partial charge on any atom is 0 e. The Hall–Kier alpha value is 2.60. The van der Waals surface area contributed by atoms with Crippen LogP contribution in [0, 0.1) is 0 Å². The monoisotopic (exact) mass is 683 g/mol. The van der Waals surface area contributed by atoms with Crippen LogP contribution in [0.15, 0.2) is 0 Å². The van der Waals surface area contributed by atoms with Gasteiger partial charge in [0.05, 0.1) is 0 Å². The van der Waals surface area contributed by atoms with Gasteiger partial charge in [0.2, 0.25) is 0 Å². The van der Waals surface area contributed by atoms with Crippen molar-refractivity contribution in [1.82, 2.24) is 0 Å². The minimum absolute atomic E-state index is 0. The third kappa shape index (κ3) is 8.82. The second-order valence-corrected chi connectivity index (χ2v) is 0. The summed E-state index contributed by atoms with van der Waals surface area (Å²) in [6.07, 6.45) is 0. The third-order valence-corrected chi connectivity index (χ3v) is 0. The Labute approximate surface area is 79.3 Å². The van der Waals surface area contributed by atoms with E-state index >= 15 is 0 Å². The van der Waals surface area contributed by atoms with Crippen molar-refractivity contribution < 1.29 is 80.4 Å². The fraction of sp³-hybridized carbons (Fsp3) is 0. The van der Waals surface area contributed by atoms with Gasteiger partial charge in [-0.25, -0.2) is 0 Å². The van der Waals surface area contributed by atoms with Crippen LogP contribution in [0.4, 0.5) is 0 Å². The fourth-order valence-corrected chi connectivity index (χ4v) is 0. The average molecular weight is 680 g/mol. The van der Waals surface area contributed by atoms with E-state index in [1.807, 2.05) is 0 Å². The third-order valence-electron chi connectivity index (χ3n) is 0. The van der Waals surface area contributed by atoms with E-state index in [2.05, 4.69) is 0 Å². The summed E-state index contributed by atoms with van der Waals surface area (Å²) in [4.78, 5) is 0. The van der Waals surface area contributed by atoms with Crippen LogP contribution in [0.5, 0.6) is 0 Å². The summed E-state index contributed by atoms with van der Waals surface area (Å²) in [7, 11) is 0. The van der Waals surface area contributed by atoms with Crippen LogP contribution >= 0.6 is 0 Å². The van der Waals surface area contributed by atoms with Gasteiger partial charge in [-0.2, -0.15) is 0 Å². The van der Waals surface area contributed by atoms with Crippen molar-refractivity contribution in [2.45, 2.75) is 0 Å². The summed E-state index contributed by atoms with van der Waals surface area (Å²) in [5.74, 6) is 0. The zero-order valence-corrected chi connectivity index (χ0v) is 10.2. The summed E-state index contributed by atoms with van der Waals surface area (Å²) >= 11 is 0. The summed E-state index contributed by atoms with van der Waals surface area (Å²) in [5.41, 5.74) is 0. The SMILES string of the molecule is [Ir].[Os].[Pt].[Rh]. The molecule has 0 spiro atoms. The van der Waals surface area contributed by atoms with E-state index in [0.29, 0.717) is 0 Å². The first-order chi connectivity index (χ1) is 0. The minimum Gasteiger partial charge on any atom is 0 e. The number of rotatable bonds is 0. The average Bonchev–Trinajstić information content (AvgIpc) is 0. The van der Waals surface area contributed by atoms with Crippen molar-refractivity contribution in [3.63, 3.8) is 0 Å². The van der Waals surface area contributed by atoms with E-state index in [1.165, 1.54) is 0 Å². The normalized spacial score (nSPS) is 0. The fourth-order valence-electron chi connectivity index (χ4n) is 0. The van der Waals surface area contributed by atoms with Crippen LogP contribution in [-0.2, 0) is 80.4 Å². The van der Waals surface area contributed by atoms with E-state index in [-0.39, 0.29) is 80.4 Å². The molecule has 0 aliphatic carbocycles. The Morgan fingerprint density at radius 1 is 1.00 bits per heavy atom. The van der Waals surface area contributed by atoms with E-state index in [9.17, 15) is 0 Å². The Balaban J connectivity index is 0. The topological polar surface area (TPSA) is 0 Å². The first kappa shape index (κ1) is 30.6. The maximum absolute atomic E-state index is 0. The maximum atomic E-state index is 0. The molecule has 0 aliphatic heterocycles. The van der Waals surface area contributed by atoms with Crippen LogP contribution in [0.2, 0.25) is 0 Å². The first-order valence-electron chi connectivity index (χ1n) is 0. The zero-order valence-electron chi connectivity index (χ0n) is 1.34. The van der Waals surface area contributed by atoms with E-state index in [4.69, 9.17) is 0 Å². The Morgan fingerprint density at radius 3 is 1.00 bits per heavy atom. The molecule has 4 heteroatoms. The molecule has 0 saturated heterocycles. The van der Waals surface area contributed by atoms with Gasteiger partial charge in [0, 0.05) is 80.4 Å². The molecule has 0 fully saturated rings. The summed E-state index contributed by atoms with van der Waals surface area (Å²) < 4.78 is 0. The molecule has 0 aliphatic rings. The van der Waals surface area contributed by atoms with Crippen molar-refractivity contribution in [2.24, 2.45) is 0 Å². The summed E-state index contributed by atoms with van der Waals surface area (Å²) in [5, 5.41) is 0. The quantitative estimate of drug-likeness (QED) is 0.317. The van der Waals surface area contributed by atoms with Gasteiger partial charge in [-0.15, -0.1) is 0 Å². The molecule has 0 aromatic carbocycles. The van der Waals surface area contributed by atoms with Crippen molar-refractivity contribution in [3.05, 3.63) is 0 Å². The second-order valence-electron chi connectivity index (χ2n) is 0. The van der Waals surface area contributed by atoms with Gasteiger partial charge in [-0.3, -0.25) is 0 Å². The Bertz CT molecular complexity index is 8.00. The van der Waals surface area contributed by atoms with E-state index in [0.717, 1.165) is 0 Å². The smallest absolute Gasteiger partial charge is 0 e. The van der Waals surface area contributed by atoms with Gasteiger partial charge in [0.25, 0.3) is 0 Å². The molecule has 0 N–H and O–H groups in total. The summed E-state index contributed by atoms with van der Waals surface area (Å²) in [6, 6.07) is 0. The largest absolute Gasteiger partial charge is 0 e. The zero-order chi connectivity index (χ0) is 0.